The third kappa shape index (κ3) is 4.18. The Morgan fingerprint density at radius 3 is 2.84 bits per heavy atom. The summed E-state index contributed by atoms with van der Waals surface area (Å²) in [4.78, 5) is 11.9. The molecular formula is C14H17ClFNO2. The zero-order valence-corrected chi connectivity index (χ0v) is 11.3. The van der Waals surface area contributed by atoms with Crippen molar-refractivity contribution < 1.29 is 14.3 Å². The highest BCUT2D eigenvalue weighted by Gasteiger charge is 2.31. The van der Waals surface area contributed by atoms with E-state index in [1.54, 1.807) is 0 Å². The van der Waals surface area contributed by atoms with E-state index in [0.717, 1.165) is 12.8 Å². The molecule has 0 radical (unpaired) electrons. The molecule has 0 aromatic heterocycles. The first-order valence-corrected chi connectivity index (χ1v) is 6.82. The highest BCUT2D eigenvalue weighted by Crippen LogP contribution is 2.34. The van der Waals surface area contributed by atoms with E-state index in [4.69, 9.17) is 16.7 Å². The Labute approximate surface area is 116 Å². The minimum Gasteiger partial charge on any atom is -0.396 e. The largest absolute Gasteiger partial charge is 0.396 e. The Hall–Kier alpha value is -1.13. The highest BCUT2D eigenvalue weighted by atomic mass is 35.5. The van der Waals surface area contributed by atoms with Crippen molar-refractivity contribution in [1.29, 1.82) is 0 Å². The Morgan fingerprint density at radius 1 is 1.53 bits per heavy atom. The van der Waals surface area contributed by atoms with Crippen LogP contribution in [-0.2, 0) is 11.2 Å². The molecule has 0 aliphatic heterocycles. The minimum absolute atomic E-state index is 0.0386. The molecule has 0 heterocycles. The smallest absolute Gasteiger partial charge is 0.224 e. The van der Waals surface area contributed by atoms with Gasteiger partial charge in [-0.05, 0) is 42.9 Å². The summed E-state index contributed by atoms with van der Waals surface area (Å²) in [6, 6.07) is 4.06. The maximum atomic E-state index is 12.9. The number of amides is 1. The van der Waals surface area contributed by atoms with Crippen LogP contribution < -0.4 is 5.32 Å². The topological polar surface area (TPSA) is 49.3 Å². The number of aliphatic hydroxyl groups is 1. The second kappa shape index (κ2) is 6.35. The van der Waals surface area contributed by atoms with Gasteiger partial charge in [0.2, 0.25) is 5.91 Å². The monoisotopic (exact) mass is 285 g/mol. The average Bonchev–Trinajstić information content (AvgIpc) is 3.16. The van der Waals surface area contributed by atoms with E-state index in [1.165, 1.54) is 18.2 Å². The third-order valence-electron chi connectivity index (χ3n) is 3.34. The zero-order valence-electron chi connectivity index (χ0n) is 10.5. The molecule has 3 nitrogen and oxygen atoms in total. The van der Waals surface area contributed by atoms with Crippen molar-refractivity contribution in [2.24, 2.45) is 5.92 Å². The number of hydrogen-bond acceptors (Lipinski definition) is 2. The van der Waals surface area contributed by atoms with Gasteiger partial charge in [-0.1, -0.05) is 17.7 Å². The van der Waals surface area contributed by atoms with Gasteiger partial charge in [0, 0.05) is 17.7 Å². The number of carbonyl (C=O) groups excluding carboxylic acids is 1. The number of halogens is 2. The predicted octanol–water partition coefficient (Wildman–Crippen LogP) is 2.30. The summed E-state index contributed by atoms with van der Waals surface area (Å²) in [5.41, 5.74) is 0.610. The number of aliphatic hydroxyl groups excluding tert-OH is 1. The van der Waals surface area contributed by atoms with Crippen LogP contribution in [-0.4, -0.2) is 23.7 Å². The van der Waals surface area contributed by atoms with Crippen molar-refractivity contribution in [2.75, 3.05) is 6.61 Å². The van der Waals surface area contributed by atoms with Gasteiger partial charge < -0.3 is 10.4 Å². The van der Waals surface area contributed by atoms with E-state index in [2.05, 4.69) is 5.32 Å². The molecule has 1 atom stereocenters. The Balaban J connectivity index is 1.92. The van der Waals surface area contributed by atoms with Gasteiger partial charge in [-0.3, -0.25) is 4.79 Å². The molecule has 1 amide bonds. The van der Waals surface area contributed by atoms with Crippen LogP contribution in [0.2, 0.25) is 5.02 Å². The second-order valence-electron chi connectivity index (χ2n) is 4.94. The molecule has 104 valence electrons. The summed E-state index contributed by atoms with van der Waals surface area (Å²) >= 11 is 5.89. The lowest BCUT2D eigenvalue weighted by molar-refractivity contribution is -0.121. The van der Waals surface area contributed by atoms with Gasteiger partial charge in [-0.15, -0.1) is 0 Å². The normalized spacial score (nSPS) is 16.2. The first-order valence-electron chi connectivity index (χ1n) is 6.44. The van der Waals surface area contributed by atoms with E-state index >= 15 is 0 Å². The summed E-state index contributed by atoms with van der Waals surface area (Å²) in [7, 11) is 0. The maximum Gasteiger partial charge on any atom is 0.224 e. The zero-order chi connectivity index (χ0) is 13.8. The molecule has 1 saturated carbocycles. The predicted molar refractivity (Wildman–Crippen MR) is 71.5 cm³/mol. The molecule has 1 aliphatic rings. The molecule has 1 aromatic carbocycles. The average molecular weight is 286 g/mol. The quantitative estimate of drug-likeness (QED) is 0.843. The fraction of sp³-hybridized carbons (Fsp3) is 0.500. The van der Waals surface area contributed by atoms with Gasteiger partial charge in [-0.25, -0.2) is 4.39 Å². The molecule has 19 heavy (non-hydrogen) atoms. The van der Waals surface area contributed by atoms with Gasteiger partial charge >= 0.3 is 0 Å². The molecule has 0 spiro atoms. The minimum atomic E-state index is -0.412. The van der Waals surface area contributed by atoms with Crippen LogP contribution in [0.5, 0.6) is 0 Å². The van der Waals surface area contributed by atoms with Gasteiger partial charge in [0.1, 0.15) is 5.82 Å². The molecule has 1 aromatic rings. The van der Waals surface area contributed by atoms with Crippen LogP contribution in [0.1, 0.15) is 24.8 Å². The highest BCUT2D eigenvalue weighted by molar-refractivity contribution is 6.31. The summed E-state index contributed by atoms with van der Waals surface area (Å²) in [5, 5.41) is 12.2. The molecule has 2 rings (SSSR count). The number of hydrogen-bond donors (Lipinski definition) is 2. The van der Waals surface area contributed by atoms with Crippen molar-refractivity contribution in [2.45, 2.75) is 31.7 Å². The first-order chi connectivity index (χ1) is 9.10. The number of benzene rings is 1. The van der Waals surface area contributed by atoms with Crippen LogP contribution in [0.25, 0.3) is 0 Å². The van der Waals surface area contributed by atoms with Crippen molar-refractivity contribution >= 4 is 17.5 Å². The Morgan fingerprint density at radius 2 is 2.26 bits per heavy atom. The summed E-state index contributed by atoms with van der Waals surface area (Å²) in [6.45, 7) is 0.0682. The van der Waals surface area contributed by atoms with Gasteiger partial charge in [0.25, 0.3) is 0 Å². The summed E-state index contributed by atoms with van der Waals surface area (Å²) in [6.07, 6.45) is 2.91. The molecule has 1 fully saturated rings. The van der Waals surface area contributed by atoms with Crippen LogP contribution in [0.3, 0.4) is 0 Å². The fourth-order valence-corrected chi connectivity index (χ4v) is 2.39. The number of carbonyl (C=O) groups is 1. The van der Waals surface area contributed by atoms with Crippen LogP contribution in [0.4, 0.5) is 4.39 Å². The van der Waals surface area contributed by atoms with Gasteiger partial charge in [0.05, 0.1) is 6.42 Å². The van der Waals surface area contributed by atoms with Crippen LogP contribution in [0, 0.1) is 11.7 Å². The van der Waals surface area contributed by atoms with E-state index < -0.39 is 5.82 Å². The Kier molecular flexibility index (Phi) is 4.77. The van der Waals surface area contributed by atoms with Crippen LogP contribution >= 0.6 is 11.6 Å². The van der Waals surface area contributed by atoms with E-state index in [-0.39, 0.29) is 30.0 Å². The molecular weight excluding hydrogens is 269 g/mol. The lowest BCUT2D eigenvalue weighted by Gasteiger charge is -2.17. The van der Waals surface area contributed by atoms with E-state index in [1.807, 2.05) is 0 Å². The third-order valence-corrected chi connectivity index (χ3v) is 3.70. The van der Waals surface area contributed by atoms with E-state index in [0.29, 0.717) is 17.9 Å². The van der Waals surface area contributed by atoms with Gasteiger partial charge in [-0.2, -0.15) is 0 Å². The van der Waals surface area contributed by atoms with Crippen molar-refractivity contribution in [3.8, 4) is 0 Å². The SMILES string of the molecule is O=C(Cc1ccc(F)cc1Cl)NC(CCO)C1CC1. The molecule has 0 bridgehead atoms. The lowest BCUT2D eigenvalue weighted by Crippen LogP contribution is -2.38. The van der Waals surface area contributed by atoms with Crippen molar-refractivity contribution in [3.63, 3.8) is 0 Å². The maximum absolute atomic E-state index is 12.9. The lowest BCUT2D eigenvalue weighted by atomic mass is 10.1. The van der Waals surface area contributed by atoms with Crippen LogP contribution in [0.15, 0.2) is 18.2 Å². The summed E-state index contributed by atoms with van der Waals surface area (Å²) in [5.74, 6) is -0.0658. The number of nitrogens with one attached hydrogen (secondary N) is 1. The van der Waals surface area contributed by atoms with E-state index in [9.17, 15) is 9.18 Å². The molecule has 2 N–H and O–H groups in total. The second-order valence-corrected chi connectivity index (χ2v) is 5.34. The van der Waals surface area contributed by atoms with Gasteiger partial charge in [0.15, 0.2) is 0 Å². The van der Waals surface area contributed by atoms with Crippen molar-refractivity contribution in [1.82, 2.24) is 5.32 Å². The molecule has 5 heteroatoms. The Bertz CT molecular complexity index is 463. The standard InChI is InChI=1S/C14H17ClFNO2/c15-12-8-11(16)4-3-10(12)7-14(19)17-13(5-6-18)9-1-2-9/h3-4,8-9,13,18H,1-2,5-7H2,(H,17,19). The first kappa shape index (κ1) is 14.3. The molecule has 1 aliphatic carbocycles. The number of rotatable bonds is 6. The summed E-state index contributed by atoms with van der Waals surface area (Å²) < 4.78 is 12.9. The van der Waals surface area contributed by atoms with Crippen molar-refractivity contribution in [3.05, 3.63) is 34.6 Å². The fourth-order valence-electron chi connectivity index (χ4n) is 2.16. The molecule has 0 saturated heterocycles. The molecule has 1 unspecified atom stereocenters.